The standard InChI is InChI=1S/C10H16N2O3/c1-3-14-7-8(2)15-10-5-4-9(6-13)11-12-10/h4-5,8,13H,3,6-7H2,1-2H3. The van der Waals surface area contributed by atoms with Crippen LogP contribution < -0.4 is 4.74 Å². The first-order valence-corrected chi connectivity index (χ1v) is 4.94. The first kappa shape index (κ1) is 11.9. The summed E-state index contributed by atoms with van der Waals surface area (Å²) in [6.07, 6.45) is -0.0563. The number of hydrogen-bond donors (Lipinski definition) is 1. The maximum Gasteiger partial charge on any atom is 0.233 e. The minimum absolute atomic E-state index is 0.0563. The molecule has 0 aromatic carbocycles. The smallest absolute Gasteiger partial charge is 0.233 e. The van der Waals surface area contributed by atoms with E-state index in [-0.39, 0.29) is 12.7 Å². The molecule has 0 saturated carbocycles. The van der Waals surface area contributed by atoms with Crippen molar-refractivity contribution in [2.45, 2.75) is 26.6 Å². The van der Waals surface area contributed by atoms with Crippen LogP contribution >= 0.6 is 0 Å². The number of ether oxygens (including phenoxy) is 2. The first-order chi connectivity index (χ1) is 7.26. The molecule has 0 bridgehead atoms. The monoisotopic (exact) mass is 212 g/mol. The molecule has 0 fully saturated rings. The minimum atomic E-state index is -0.109. The normalized spacial score (nSPS) is 12.5. The number of aliphatic hydroxyl groups is 1. The molecule has 1 aromatic rings. The van der Waals surface area contributed by atoms with Gasteiger partial charge >= 0.3 is 0 Å². The van der Waals surface area contributed by atoms with Crippen LogP contribution in [0, 0.1) is 0 Å². The van der Waals surface area contributed by atoms with Crippen molar-refractivity contribution in [1.82, 2.24) is 10.2 Å². The van der Waals surface area contributed by atoms with Crippen molar-refractivity contribution in [3.8, 4) is 5.88 Å². The fourth-order valence-corrected chi connectivity index (χ4v) is 1.02. The highest BCUT2D eigenvalue weighted by molar-refractivity contribution is 5.11. The summed E-state index contributed by atoms with van der Waals surface area (Å²) in [5, 5.41) is 16.3. The van der Waals surface area contributed by atoms with E-state index in [1.54, 1.807) is 12.1 Å². The lowest BCUT2D eigenvalue weighted by atomic mass is 10.4. The average Bonchev–Trinajstić information content (AvgIpc) is 2.27. The van der Waals surface area contributed by atoms with Gasteiger partial charge in [-0.3, -0.25) is 0 Å². The molecule has 0 saturated heterocycles. The molecule has 0 aliphatic rings. The van der Waals surface area contributed by atoms with Crippen LogP contribution in [0.15, 0.2) is 12.1 Å². The number of nitrogens with zero attached hydrogens (tertiary/aromatic N) is 2. The summed E-state index contributed by atoms with van der Waals surface area (Å²) in [6, 6.07) is 3.36. The van der Waals surface area contributed by atoms with Crippen LogP contribution in [0.1, 0.15) is 19.5 Å². The van der Waals surface area contributed by atoms with Gasteiger partial charge in [0, 0.05) is 12.7 Å². The molecule has 0 spiro atoms. The second-order valence-electron chi connectivity index (χ2n) is 3.11. The van der Waals surface area contributed by atoms with Gasteiger partial charge in [-0.15, -0.1) is 10.2 Å². The average molecular weight is 212 g/mol. The fraction of sp³-hybridized carbons (Fsp3) is 0.600. The Morgan fingerprint density at radius 2 is 2.20 bits per heavy atom. The summed E-state index contributed by atoms with van der Waals surface area (Å²) >= 11 is 0. The number of rotatable bonds is 6. The molecular formula is C10H16N2O3. The van der Waals surface area contributed by atoms with Crippen molar-refractivity contribution in [1.29, 1.82) is 0 Å². The quantitative estimate of drug-likeness (QED) is 0.754. The lowest BCUT2D eigenvalue weighted by Crippen LogP contribution is -2.19. The molecule has 1 aromatic heterocycles. The van der Waals surface area contributed by atoms with E-state index < -0.39 is 0 Å². The van der Waals surface area contributed by atoms with Crippen LogP contribution in [0.25, 0.3) is 0 Å². The SMILES string of the molecule is CCOCC(C)Oc1ccc(CO)nn1. The van der Waals surface area contributed by atoms with Gasteiger partial charge in [-0.05, 0) is 19.9 Å². The van der Waals surface area contributed by atoms with Gasteiger partial charge in [0.2, 0.25) is 5.88 Å². The molecule has 1 heterocycles. The number of hydrogen-bond acceptors (Lipinski definition) is 5. The predicted octanol–water partition coefficient (Wildman–Crippen LogP) is 0.773. The van der Waals surface area contributed by atoms with E-state index in [1.807, 2.05) is 13.8 Å². The van der Waals surface area contributed by atoms with Gasteiger partial charge in [-0.25, -0.2) is 0 Å². The molecule has 5 heteroatoms. The molecular weight excluding hydrogens is 196 g/mol. The maximum absolute atomic E-state index is 8.76. The molecule has 1 rings (SSSR count). The summed E-state index contributed by atoms with van der Waals surface area (Å²) < 4.78 is 10.6. The molecule has 0 radical (unpaired) electrons. The molecule has 15 heavy (non-hydrogen) atoms. The Hall–Kier alpha value is -1.20. The van der Waals surface area contributed by atoms with E-state index in [9.17, 15) is 0 Å². The van der Waals surface area contributed by atoms with Crippen LogP contribution in [0.2, 0.25) is 0 Å². The van der Waals surface area contributed by atoms with Crippen molar-refractivity contribution < 1.29 is 14.6 Å². The highest BCUT2D eigenvalue weighted by atomic mass is 16.5. The largest absolute Gasteiger partial charge is 0.471 e. The van der Waals surface area contributed by atoms with E-state index >= 15 is 0 Å². The summed E-state index contributed by atoms with van der Waals surface area (Å²) in [6.45, 7) is 4.92. The van der Waals surface area contributed by atoms with Crippen molar-refractivity contribution in [2.75, 3.05) is 13.2 Å². The lowest BCUT2D eigenvalue weighted by molar-refractivity contribution is 0.0627. The van der Waals surface area contributed by atoms with Crippen LogP contribution in [0.3, 0.4) is 0 Å². The van der Waals surface area contributed by atoms with Gasteiger partial charge in [0.25, 0.3) is 0 Å². The van der Waals surface area contributed by atoms with Crippen molar-refractivity contribution in [3.05, 3.63) is 17.8 Å². The maximum atomic E-state index is 8.76. The predicted molar refractivity (Wildman–Crippen MR) is 54.5 cm³/mol. The highest BCUT2D eigenvalue weighted by Gasteiger charge is 2.05. The van der Waals surface area contributed by atoms with Gasteiger partial charge in [-0.1, -0.05) is 0 Å². The second kappa shape index (κ2) is 6.31. The van der Waals surface area contributed by atoms with Crippen molar-refractivity contribution in [3.63, 3.8) is 0 Å². The first-order valence-electron chi connectivity index (χ1n) is 4.94. The molecule has 5 nitrogen and oxygen atoms in total. The number of aromatic nitrogens is 2. The van der Waals surface area contributed by atoms with Gasteiger partial charge in [-0.2, -0.15) is 0 Å². The Morgan fingerprint density at radius 3 is 2.73 bits per heavy atom. The summed E-state index contributed by atoms with van der Waals surface area (Å²) in [4.78, 5) is 0. The Morgan fingerprint density at radius 1 is 1.40 bits per heavy atom. The van der Waals surface area contributed by atoms with Gasteiger partial charge in [0.15, 0.2) is 0 Å². The molecule has 1 unspecified atom stereocenters. The van der Waals surface area contributed by atoms with E-state index in [0.717, 1.165) is 0 Å². The Bertz CT molecular complexity index is 277. The van der Waals surface area contributed by atoms with Gasteiger partial charge in [0.05, 0.1) is 18.9 Å². The molecule has 84 valence electrons. The van der Waals surface area contributed by atoms with E-state index in [2.05, 4.69) is 10.2 Å². The minimum Gasteiger partial charge on any atom is -0.471 e. The van der Waals surface area contributed by atoms with Crippen molar-refractivity contribution >= 4 is 0 Å². The van der Waals surface area contributed by atoms with Gasteiger partial charge in [0.1, 0.15) is 6.10 Å². The van der Waals surface area contributed by atoms with E-state index in [4.69, 9.17) is 14.6 Å². The van der Waals surface area contributed by atoms with Crippen molar-refractivity contribution in [2.24, 2.45) is 0 Å². The Labute approximate surface area is 89.1 Å². The van der Waals surface area contributed by atoms with Crippen LogP contribution in [-0.4, -0.2) is 34.6 Å². The van der Waals surface area contributed by atoms with E-state index in [0.29, 0.717) is 24.8 Å². The molecule has 1 atom stereocenters. The summed E-state index contributed by atoms with van der Waals surface area (Å²) in [7, 11) is 0. The van der Waals surface area contributed by atoms with Crippen LogP contribution in [-0.2, 0) is 11.3 Å². The fourth-order valence-electron chi connectivity index (χ4n) is 1.02. The third-order valence-corrected chi connectivity index (χ3v) is 1.74. The zero-order valence-corrected chi connectivity index (χ0v) is 9.01. The third-order valence-electron chi connectivity index (χ3n) is 1.74. The zero-order chi connectivity index (χ0) is 11.1. The summed E-state index contributed by atoms with van der Waals surface area (Å²) in [5.74, 6) is 0.444. The zero-order valence-electron chi connectivity index (χ0n) is 9.01. The number of aliphatic hydroxyl groups excluding tert-OH is 1. The second-order valence-corrected chi connectivity index (χ2v) is 3.11. The van der Waals surface area contributed by atoms with Gasteiger partial charge < -0.3 is 14.6 Å². The molecule has 1 N–H and O–H groups in total. The topological polar surface area (TPSA) is 64.5 Å². The van der Waals surface area contributed by atoms with E-state index in [1.165, 1.54) is 0 Å². The molecule has 0 aliphatic carbocycles. The lowest BCUT2D eigenvalue weighted by Gasteiger charge is -2.12. The Balaban J connectivity index is 2.42. The van der Waals surface area contributed by atoms with Crippen LogP contribution in [0.4, 0.5) is 0 Å². The molecule has 0 aliphatic heterocycles. The van der Waals surface area contributed by atoms with Crippen LogP contribution in [0.5, 0.6) is 5.88 Å². The molecule has 0 amide bonds. The Kier molecular flexibility index (Phi) is 5.00. The third kappa shape index (κ3) is 4.22. The summed E-state index contributed by atoms with van der Waals surface area (Å²) in [5.41, 5.74) is 0.528. The highest BCUT2D eigenvalue weighted by Crippen LogP contribution is 2.07.